The summed E-state index contributed by atoms with van der Waals surface area (Å²) in [6.45, 7) is 0. The highest BCUT2D eigenvalue weighted by Crippen LogP contribution is 2.32. The SMILES string of the molecule is N#Cc1ccc(F)c(C#N)c1-c1nc(C2=CC=CCC2)cc(-c2ccccc2)n1. The van der Waals surface area contributed by atoms with Crippen LogP contribution in [0, 0.1) is 28.5 Å². The standard InChI is InChI=1S/C24H15FN4/c25-20-12-11-18(14-26)23(19(20)15-27)24-28-21(16-7-3-1-4-8-16)13-22(29-24)17-9-5-2-6-10-17/h1-5,7-9,11-13H,6,10H2. The van der Waals surface area contributed by atoms with Gasteiger partial charge in [0.15, 0.2) is 5.82 Å². The number of nitrogens with zero attached hydrogens (tertiary/aromatic N) is 4. The van der Waals surface area contributed by atoms with Crippen molar-refractivity contribution >= 4 is 5.57 Å². The summed E-state index contributed by atoms with van der Waals surface area (Å²) in [5.74, 6) is -0.527. The number of aromatic nitrogens is 2. The minimum Gasteiger partial charge on any atom is -0.228 e. The van der Waals surface area contributed by atoms with E-state index in [0.29, 0.717) is 11.4 Å². The van der Waals surface area contributed by atoms with Crippen LogP contribution in [0.5, 0.6) is 0 Å². The van der Waals surface area contributed by atoms with Gasteiger partial charge < -0.3 is 0 Å². The maximum Gasteiger partial charge on any atom is 0.163 e. The van der Waals surface area contributed by atoms with Crippen LogP contribution in [0.4, 0.5) is 4.39 Å². The molecule has 0 spiro atoms. The van der Waals surface area contributed by atoms with Gasteiger partial charge in [-0.05, 0) is 36.6 Å². The molecule has 4 nitrogen and oxygen atoms in total. The third-order valence-corrected chi connectivity index (χ3v) is 4.75. The Morgan fingerprint density at radius 3 is 2.41 bits per heavy atom. The summed E-state index contributed by atoms with van der Waals surface area (Å²) in [5.41, 5.74) is 3.32. The monoisotopic (exact) mass is 378 g/mol. The Balaban J connectivity index is 2.01. The van der Waals surface area contributed by atoms with Crippen LogP contribution in [0.25, 0.3) is 28.2 Å². The smallest absolute Gasteiger partial charge is 0.163 e. The lowest BCUT2D eigenvalue weighted by Gasteiger charge is -2.14. The second kappa shape index (κ2) is 7.88. The highest BCUT2D eigenvalue weighted by molar-refractivity contribution is 5.77. The van der Waals surface area contributed by atoms with Crippen LogP contribution in [0.1, 0.15) is 29.7 Å². The van der Waals surface area contributed by atoms with E-state index in [4.69, 9.17) is 0 Å². The van der Waals surface area contributed by atoms with Gasteiger partial charge in [0, 0.05) is 5.56 Å². The Morgan fingerprint density at radius 1 is 0.931 bits per heavy atom. The molecule has 0 unspecified atom stereocenters. The van der Waals surface area contributed by atoms with Gasteiger partial charge in [0.1, 0.15) is 17.4 Å². The van der Waals surface area contributed by atoms with Gasteiger partial charge in [-0.15, -0.1) is 0 Å². The van der Waals surface area contributed by atoms with Crippen molar-refractivity contribution in [2.75, 3.05) is 0 Å². The van der Waals surface area contributed by atoms with Crippen LogP contribution >= 0.6 is 0 Å². The van der Waals surface area contributed by atoms with E-state index in [-0.39, 0.29) is 22.5 Å². The molecular weight excluding hydrogens is 363 g/mol. The molecule has 5 heteroatoms. The number of rotatable bonds is 3. The molecule has 3 aromatic rings. The van der Waals surface area contributed by atoms with Gasteiger partial charge in [0.05, 0.1) is 28.6 Å². The molecule has 0 radical (unpaired) electrons. The van der Waals surface area contributed by atoms with E-state index in [9.17, 15) is 14.9 Å². The first kappa shape index (κ1) is 18.3. The quantitative estimate of drug-likeness (QED) is 0.609. The van der Waals surface area contributed by atoms with E-state index in [0.717, 1.165) is 30.0 Å². The fraction of sp³-hybridized carbons (Fsp3) is 0.0833. The lowest BCUT2D eigenvalue weighted by molar-refractivity contribution is 0.624. The second-order valence-corrected chi connectivity index (χ2v) is 6.56. The van der Waals surface area contributed by atoms with Gasteiger partial charge in [-0.3, -0.25) is 0 Å². The molecule has 138 valence electrons. The van der Waals surface area contributed by atoms with Crippen molar-refractivity contribution in [3.05, 3.63) is 89.4 Å². The highest BCUT2D eigenvalue weighted by Gasteiger charge is 2.20. The molecule has 0 saturated carbocycles. The highest BCUT2D eigenvalue weighted by atomic mass is 19.1. The Labute approximate surface area is 167 Å². The van der Waals surface area contributed by atoms with Crippen LogP contribution in [0.3, 0.4) is 0 Å². The van der Waals surface area contributed by atoms with Gasteiger partial charge in [-0.1, -0.05) is 48.6 Å². The predicted octanol–water partition coefficient (Wildman–Crippen LogP) is 5.43. The van der Waals surface area contributed by atoms with Crippen molar-refractivity contribution < 1.29 is 4.39 Å². The second-order valence-electron chi connectivity index (χ2n) is 6.56. The van der Waals surface area contributed by atoms with Gasteiger partial charge in [-0.25, -0.2) is 14.4 Å². The molecule has 4 rings (SSSR count). The van der Waals surface area contributed by atoms with E-state index in [1.807, 2.05) is 60.7 Å². The van der Waals surface area contributed by atoms with Crippen molar-refractivity contribution in [1.29, 1.82) is 10.5 Å². The topological polar surface area (TPSA) is 73.4 Å². The summed E-state index contributed by atoms with van der Waals surface area (Å²) in [6, 6.07) is 17.8. The Bertz CT molecular complexity index is 1230. The van der Waals surface area contributed by atoms with Crippen molar-refractivity contribution in [3.8, 4) is 34.8 Å². The van der Waals surface area contributed by atoms with Crippen LogP contribution in [-0.4, -0.2) is 9.97 Å². The van der Waals surface area contributed by atoms with Crippen molar-refractivity contribution in [3.63, 3.8) is 0 Å². The summed E-state index contributed by atoms with van der Waals surface area (Å²) in [5, 5.41) is 19.0. The van der Waals surface area contributed by atoms with Crippen LogP contribution < -0.4 is 0 Å². The molecular formula is C24H15FN4. The first-order valence-electron chi connectivity index (χ1n) is 9.15. The summed E-state index contributed by atoms with van der Waals surface area (Å²) < 4.78 is 14.3. The fourth-order valence-corrected chi connectivity index (χ4v) is 3.31. The maximum absolute atomic E-state index is 14.3. The van der Waals surface area contributed by atoms with E-state index in [2.05, 4.69) is 16.0 Å². The Morgan fingerprint density at radius 2 is 1.72 bits per heavy atom. The minimum absolute atomic E-state index is 0.126. The molecule has 0 amide bonds. The van der Waals surface area contributed by atoms with E-state index < -0.39 is 5.82 Å². The summed E-state index contributed by atoms with van der Waals surface area (Å²) >= 11 is 0. The molecule has 0 atom stereocenters. The van der Waals surface area contributed by atoms with Crippen LogP contribution in [-0.2, 0) is 0 Å². The molecule has 1 aliphatic rings. The Kier molecular flexibility index (Phi) is 4.97. The molecule has 29 heavy (non-hydrogen) atoms. The molecule has 0 bridgehead atoms. The first-order valence-corrected chi connectivity index (χ1v) is 9.15. The van der Waals surface area contributed by atoms with Crippen molar-refractivity contribution in [2.24, 2.45) is 0 Å². The van der Waals surface area contributed by atoms with Crippen molar-refractivity contribution in [2.45, 2.75) is 12.8 Å². The molecule has 1 heterocycles. The lowest BCUT2D eigenvalue weighted by atomic mass is 9.98. The lowest BCUT2D eigenvalue weighted by Crippen LogP contribution is -2.03. The van der Waals surface area contributed by atoms with Crippen LogP contribution in [0.15, 0.2) is 66.8 Å². The normalized spacial score (nSPS) is 12.7. The first-order chi connectivity index (χ1) is 14.2. The average molecular weight is 378 g/mol. The third kappa shape index (κ3) is 3.54. The molecule has 0 aliphatic heterocycles. The Hall–Kier alpha value is -4.09. The average Bonchev–Trinajstić information content (AvgIpc) is 2.79. The number of benzene rings is 2. The molecule has 2 aromatic carbocycles. The third-order valence-electron chi connectivity index (χ3n) is 4.75. The van der Waals surface area contributed by atoms with Crippen molar-refractivity contribution in [1.82, 2.24) is 9.97 Å². The largest absolute Gasteiger partial charge is 0.228 e. The molecule has 0 fully saturated rings. The predicted molar refractivity (Wildman–Crippen MR) is 109 cm³/mol. The number of nitriles is 2. The van der Waals surface area contributed by atoms with E-state index in [1.54, 1.807) is 0 Å². The van der Waals surface area contributed by atoms with E-state index in [1.165, 1.54) is 6.07 Å². The maximum atomic E-state index is 14.3. The zero-order valence-electron chi connectivity index (χ0n) is 15.4. The summed E-state index contributed by atoms with van der Waals surface area (Å²) in [7, 11) is 0. The van der Waals surface area contributed by atoms with Gasteiger partial charge in [0.25, 0.3) is 0 Å². The number of allylic oxidation sites excluding steroid dienone is 4. The van der Waals surface area contributed by atoms with Gasteiger partial charge >= 0.3 is 0 Å². The van der Waals surface area contributed by atoms with E-state index >= 15 is 0 Å². The summed E-state index contributed by atoms with van der Waals surface area (Å²) in [4.78, 5) is 9.23. The van der Waals surface area contributed by atoms with Gasteiger partial charge in [0.2, 0.25) is 0 Å². The molecule has 0 saturated heterocycles. The number of halogens is 1. The number of hydrogen-bond donors (Lipinski definition) is 0. The van der Waals surface area contributed by atoms with Crippen LogP contribution in [0.2, 0.25) is 0 Å². The molecule has 1 aliphatic carbocycles. The fourth-order valence-electron chi connectivity index (χ4n) is 3.31. The zero-order valence-corrected chi connectivity index (χ0v) is 15.4. The molecule has 1 aromatic heterocycles. The minimum atomic E-state index is -0.698. The van der Waals surface area contributed by atoms with Gasteiger partial charge in [-0.2, -0.15) is 10.5 Å². The summed E-state index contributed by atoms with van der Waals surface area (Å²) in [6.07, 6.45) is 7.77. The molecule has 0 N–H and O–H groups in total. The zero-order chi connectivity index (χ0) is 20.2. The number of hydrogen-bond acceptors (Lipinski definition) is 4.